The summed E-state index contributed by atoms with van der Waals surface area (Å²) in [5.41, 5.74) is 29.7. The molecule has 15 N–H and O–H groups in total. The van der Waals surface area contributed by atoms with Gasteiger partial charge in [0, 0.05) is 6.54 Å². The van der Waals surface area contributed by atoms with Crippen molar-refractivity contribution in [1.29, 1.82) is 0 Å². The zero-order valence-corrected chi connectivity index (χ0v) is 17.7. The molecule has 1 aliphatic carbocycles. The van der Waals surface area contributed by atoms with Crippen LogP contribution in [0.15, 0.2) is 0 Å². The van der Waals surface area contributed by atoms with Crippen molar-refractivity contribution in [3.05, 3.63) is 0 Å². The van der Waals surface area contributed by atoms with Crippen LogP contribution in [0.2, 0.25) is 0 Å². The second-order valence-corrected chi connectivity index (χ2v) is 8.72. The van der Waals surface area contributed by atoms with E-state index >= 15 is 0 Å². The smallest absolute Gasteiger partial charge is 0.186 e. The molecule has 14 heteroatoms. The van der Waals surface area contributed by atoms with Crippen LogP contribution in [0.5, 0.6) is 0 Å². The Hall–Kier alpha value is -0.560. The molecule has 32 heavy (non-hydrogen) atoms. The van der Waals surface area contributed by atoms with E-state index in [1.165, 1.54) is 0 Å². The number of nitrogens with two attached hydrogens (primary N) is 5. The molecule has 2 aliphatic heterocycles. The first kappa shape index (κ1) is 26.1. The molecule has 14 atom stereocenters. The maximum absolute atomic E-state index is 11.0. The van der Waals surface area contributed by atoms with Crippen LogP contribution in [0.3, 0.4) is 0 Å². The maximum Gasteiger partial charge on any atom is 0.186 e. The van der Waals surface area contributed by atoms with Crippen LogP contribution >= 0.6 is 0 Å². The Morgan fingerprint density at radius 3 is 1.88 bits per heavy atom. The Bertz CT molecular complexity index is 607. The summed E-state index contributed by atoms with van der Waals surface area (Å²) in [4.78, 5) is 0. The number of hydrogen-bond donors (Lipinski definition) is 10. The number of aliphatic hydroxyl groups excluding tert-OH is 5. The van der Waals surface area contributed by atoms with Gasteiger partial charge in [-0.05, 0) is 12.8 Å². The van der Waals surface area contributed by atoms with Gasteiger partial charge >= 0.3 is 0 Å². The summed E-state index contributed by atoms with van der Waals surface area (Å²) in [6.45, 7) is -0.320. The Kier molecular flexibility index (Phi) is 8.79. The molecule has 188 valence electrons. The first-order valence-electron chi connectivity index (χ1n) is 10.8. The predicted molar refractivity (Wildman–Crippen MR) is 108 cm³/mol. The largest absolute Gasteiger partial charge is 0.394 e. The van der Waals surface area contributed by atoms with Gasteiger partial charge in [0.25, 0.3) is 0 Å². The van der Waals surface area contributed by atoms with Crippen LogP contribution in [0.1, 0.15) is 12.8 Å². The van der Waals surface area contributed by atoms with Gasteiger partial charge in [0.1, 0.15) is 36.6 Å². The fourth-order valence-corrected chi connectivity index (χ4v) is 4.35. The van der Waals surface area contributed by atoms with Gasteiger partial charge in [-0.2, -0.15) is 0 Å². The molecule has 0 bridgehead atoms. The Morgan fingerprint density at radius 1 is 0.719 bits per heavy atom. The molecule has 0 aromatic carbocycles. The van der Waals surface area contributed by atoms with Crippen molar-refractivity contribution in [2.45, 2.75) is 98.4 Å². The minimum absolute atomic E-state index is 0.264. The lowest BCUT2D eigenvalue weighted by Gasteiger charge is -2.49. The molecule has 0 radical (unpaired) electrons. The Labute approximate surface area is 185 Å². The molecular weight excluding hydrogens is 430 g/mol. The molecule has 3 aliphatic rings. The molecule has 0 aromatic heterocycles. The average molecular weight is 468 g/mol. The number of ether oxygens (including phenoxy) is 4. The topological polar surface area (TPSA) is 268 Å². The van der Waals surface area contributed by atoms with Crippen molar-refractivity contribution < 1.29 is 44.5 Å². The fraction of sp³-hybridized carbons (Fsp3) is 1.00. The number of rotatable bonds is 6. The molecular formula is C18H37N5O9. The highest BCUT2D eigenvalue weighted by Gasteiger charge is 2.53. The normalized spacial score (nSPS) is 52.7. The van der Waals surface area contributed by atoms with Gasteiger partial charge in [-0.1, -0.05) is 0 Å². The van der Waals surface area contributed by atoms with Crippen LogP contribution in [0.25, 0.3) is 0 Å². The second kappa shape index (κ2) is 10.8. The van der Waals surface area contributed by atoms with Gasteiger partial charge in [0.15, 0.2) is 12.6 Å². The van der Waals surface area contributed by atoms with Gasteiger partial charge in [0.05, 0.1) is 43.0 Å². The quantitative estimate of drug-likeness (QED) is 0.174. The van der Waals surface area contributed by atoms with E-state index in [0.29, 0.717) is 12.8 Å². The zero-order chi connectivity index (χ0) is 23.7. The standard InChI is InChI=1S/C18H37N5O9/c19-3-5-1-2-6(20)17(29-5)31-15-9(22)12(26)10(23)16(14(15)28)32-18-13(27)8(21)11(25)7(4-24)30-18/h5-18,24-28H,1-4,19-23H2/t5?,6?,7?,8-,9-,10+,11-,12?,13?,14?,15?,16+,17-,18-/m0/s1. The van der Waals surface area contributed by atoms with E-state index in [1.807, 2.05) is 0 Å². The van der Waals surface area contributed by atoms with E-state index in [-0.39, 0.29) is 12.6 Å². The van der Waals surface area contributed by atoms with Crippen molar-refractivity contribution in [3.8, 4) is 0 Å². The molecule has 7 unspecified atom stereocenters. The summed E-state index contributed by atoms with van der Waals surface area (Å²) in [7, 11) is 0. The monoisotopic (exact) mass is 467 g/mol. The summed E-state index contributed by atoms with van der Waals surface area (Å²) >= 11 is 0. The lowest BCUT2D eigenvalue weighted by atomic mass is 9.82. The molecule has 1 saturated carbocycles. The molecule has 3 fully saturated rings. The average Bonchev–Trinajstić information content (AvgIpc) is 2.79. The lowest BCUT2D eigenvalue weighted by Crippen LogP contribution is -2.72. The van der Waals surface area contributed by atoms with E-state index in [0.717, 1.165) is 0 Å². The molecule has 14 nitrogen and oxygen atoms in total. The highest BCUT2D eigenvalue weighted by molar-refractivity contribution is 5.05. The highest BCUT2D eigenvalue weighted by atomic mass is 16.7. The third-order valence-electron chi connectivity index (χ3n) is 6.50. The summed E-state index contributed by atoms with van der Waals surface area (Å²) in [6, 6.07) is -3.97. The van der Waals surface area contributed by atoms with Gasteiger partial charge in [-0.25, -0.2) is 0 Å². The summed E-state index contributed by atoms with van der Waals surface area (Å²) in [5.74, 6) is 0. The molecule has 2 saturated heterocycles. The van der Waals surface area contributed by atoms with E-state index in [1.54, 1.807) is 0 Å². The summed E-state index contributed by atoms with van der Waals surface area (Å²) < 4.78 is 22.7. The van der Waals surface area contributed by atoms with Crippen LogP contribution in [0.4, 0.5) is 0 Å². The minimum atomic E-state index is -1.50. The van der Waals surface area contributed by atoms with Crippen LogP contribution in [-0.4, -0.2) is 124 Å². The summed E-state index contributed by atoms with van der Waals surface area (Å²) in [6.07, 6.45) is -10.7. The van der Waals surface area contributed by atoms with E-state index in [2.05, 4.69) is 0 Å². The zero-order valence-electron chi connectivity index (χ0n) is 17.7. The van der Waals surface area contributed by atoms with Gasteiger partial charge in [-0.3, -0.25) is 0 Å². The summed E-state index contributed by atoms with van der Waals surface area (Å²) in [5, 5.41) is 51.3. The Morgan fingerprint density at radius 2 is 1.31 bits per heavy atom. The Balaban J connectivity index is 1.74. The number of hydrogen-bond acceptors (Lipinski definition) is 14. The second-order valence-electron chi connectivity index (χ2n) is 8.72. The van der Waals surface area contributed by atoms with Crippen molar-refractivity contribution >= 4 is 0 Å². The molecule has 2 heterocycles. The highest BCUT2D eigenvalue weighted by Crippen LogP contribution is 2.30. The fourth-order valence-electron chi connectivity index (χ4n) is 4.35. The van der Waals surface area contributed by atoms with Crippen molar-refractivity contribution in [2.75, 3.05) is 13.2 Å². The third-order valence-corrected chi connectivity index (χ3v) is 6.50. The van der Waals surface area contributed by atoms with E-state index in [9.17, 15) is 25.5 Å². The van der Waals surface area contributed by atoms with Gasteiger partial charge < -0.3 is 73.1 Å². The third kappa shape index (κ3) is 5.08. The predicted octanol–water partition coefficient (Wildman–Crippen LogP) is -6.30. The van der Waals surface area contributed by atoms with Crippen molar-refractivity contribution in [1.82, 2.24) is 0 Å². The maximum atomic E-state index is 11.0. The van der Waals surface area contributed by atoms with Crippen LogP contribution in [0, 0.1) is 0 Å². The van der Waals surface area contributed by atoms with Gasteiger partial charge in [0.2, 0.25) is 0 Å². The molecule has 0 aromatic rings. The van der Waals surface area contributed by atoms with Gasteiger partial charge in [-0.15, -0.1) is 0 Å². The minimum Gasteiger partial charge on any atom is -0.394 e. The SMILES string of the molecule is NCC1CCC(N)[C@H](OC2C(O)[C@H](O[C@@H]3OC(CO)[C@H](O)[C@H](N)C3O)[C@H](N)C(O)[C@@H]2N)O1. The molecule has 0 spiro atoms. The van der Waals surface area contributed by atoms with Crippen LogP contribution in [-0.2, 0) is 18.9 Å². The van der Waals surface area contributed by atoms with Crippen LogP contribution < -0.4 is 28.7 Å². The van der Waals surface area contributed by atoms with E-state index in [4.69, 9.17) is 47.6 Å². The van der Waals surface area contributed by atoms with E-state index < -0.39 is 86.1 Å². The number of aliphatic hydroxyl groups is 5. The van der Waals surface area contributed by atoms with Crippen molar-refractivity contribution in [2.24, 2.45) is 28.7 Å². The first-order valence-corrected chi connectivity index (χ1v) is 10.8. The first-order chi connectivity index (χ1) is 15.1. The van der Waals surface area contributed by atoms with Crippen molar-refractivity contribution in [3.63, 3.8) is 0 Å². The molecule has 3 rings (SSSR count). The lowest BCUT2D eigenvalue weighted by molar-refractivity contribution is -0.318. The molecule has 0 amide bonds.